The summed E-state index contributed by atoms with van der Waals surface area (Å²) in [6.45, 7) is 3.40. The van der Waals surface area contributed by atoms with E-state index in [1.807, 2.05) is 0 Å². The Morgan fingerprint density at radius 3 is 2.21 bits per heavy atom. The van der Waals surface area contributed by atoms with Crippen molar-refractivity contribution in [3.05, 3.63) is 27.2 Å². The van der Waals surface area contributed by atoms with Gasteiger partial charge in [-0.15, -0.1) is 0 Å². The monoisotopic (exact) mass is 347 g/mol. The van der Waals surface area contributed by atoms with Crippen molar-refractivity contribution in [3.8, 4) is 0 Å². The Bertz CT molecular complexity index is 677. The summed E-state index contributed by atoms with van der Waals surface area (Å²) >= 11 is 3.23. The molecule has 19 heavy (non-hydrogen) atoms. The Balaban J connectivity index is 3.65. The van der Waals surface area contributed by atoms with Crippen molar-refractivity contribution in [2.45, 2.75) is 18.7 Å². The summed E-state index contributed by atoms with van der Waals surface area (Å²) in [7, 11) is -3.47. The van der Waals surface area contributed by atoms with Gasteiger partial charge in [0.15, 0.2) is 15.8 Å². The number of benzene rings is 1. The first-order valence-electron chi connectivity index (χ1n) is 5.19. The minimum atomic E-state index is -3.47. The number of nitrogens with zero attached hydrogens (tertiary/aromatic N) is 1. The molecular weight excluding hydrogens is 334 g/mol. The van der Waals surface area contributed by atoms with Crippen molar-refractivity contribution < 1.29 is 13.2 Å². The molecule has 0 aliphatic carbocycles. The minimum absolute atomic E-state index is 0.0322. The third-order valence-corrected chi connectivity index (χ3v) is 5.05. The topological polar surface area (TPSA) is 116 Å². The average molecular weight is 348 g/mol. The van der Waals surface area contributed by atoms with Crippen molar-refractivity contribution in [3.63, 3.8) is 0 Å². The maximum atomic E-state index is 11.9. The van der Waals surface area contributed by atoms with E-state index in [2.05, 4.69) is 20.9 Å². The van der Waals surface area contributed by atoms with Gasteiger partial charge in [-0.05, 0) is 47.0 Å². The van der Waals surface area contributed by atoms with Crippen LogP contribution < -0.4 is 11.5 Å². The van der Waals surface area contributed by atoms with Gasteiger partial charge in [0.05, 0.1) is 4.90 Å². The van der Waals surface area contributed by atoms with Gasteiger partial charge in [-0.1, -0.05) is 0 Å². The summed E-state index contributed by atoms with van der Waals surface area (Å²) in [6.07, 6.45) is 1.07. The van der Waals surface area contributed by atoms with E-state index in [9.17, 15) is 13.2 Å². The van der Waals surface area contributed by atoms with E-state index in [1.54, 1.807) is 13.8 Å². The Morgan fingerprint density at radius 2 is 1.79 bits per heavy atom. The third-order valence-electron chi connectivity index (χ3n) is 2.65. The quantitative estimate of drug-likeness (QED) is 0.608. The van der Waals surface area contributed by atoms with Crippen molar-refractivity contribution in [2.24, 2.45) is 16.5 Å². The van der Waals surface area contributed by atoms with Crippen LogP contribution >= 0.6 is 15.9 Å². The Morgan fingerprint density at radius 1 is 1.26 bits per heavy atom. The highest BCUT2D eigenvalue weighted by molar-refractivity contribution is 9.10. The van der Waals surface area contributed by atoms with Crippen molar-refractivity contribution in [2.75, 3.05) is 6.26 Å². The third kappa shape index (κ3) is 3.32. The van der Waals surface area contributed by atoms with E-state index in [0.717, 1.165) is 6.26 Å². The summed E-state index contributed by atoms with van der Waals surface area (Å²) in [4.78, 5) is 15.3. The number of guanidine groups is 1. The summed E-state index contributed by atoms with van der Waals surface area (Å²) in [5.74, 6) is -1.04. The Labute approximate surface area is 119 Å². The molecule has 0 atom stereocenters. The number of aliphatic imine (C=N–C) groups is 1. The van der Waals surface area contributed by atoms with Crippen molar-refractivity contribution in [1.82, 2.24) is 0 Å². The molecule has 104 valence electrons. The fourth-order valence-electron chi connectivity index (χ4n) is 1.52. The number of rotatable bonds is 2. The molecule has 0 saturated heterocycles. The predicted octanol–water partition coefficient (Wildman–Crippen LogP) is 0.883. The highest BCUT2D eigenvalue weighted by Crippen LogP contribution is 2.30. The lowest BCUT2D eigenvalue weighted by Crippen LogP contribution is -2.24. The smallest absolute Gasteiger partial charge is 0.280 e. The van der Waals surface area contributed by atoms with E-state index < -0.39 is 15.7 Å². The lowest BCUT2D eigenvalue weighted by Gasteiger charge is -2.12. The molecule has 0 unspecified atom stereocenters. The molecule has 0 aliphatic rings. The van der Waals surface area contributed by atoms with Crippen LogP contribution in [0, 0.1) is 13.8 Å². The number of sulfone groups is 1. The molecule has 0 fully saturated rings. The highest BCUT2D eigenvalue weighted by atomic mass is 79.9. The average Bonchev–Trinajstić information content (AvgIpc) is 2.23. The SMILES string of the molecule is Cc1c(C(=O)N=C(N)N)cc(S(C)(=O)=O)c(Br)c1C. The molecule has 1 rings (SSSR count). The fraction of sp³-hybridized carbons (Fsp3) is 0.273. The van der Waals surface area contributed by atoms with Gasteiger partial charge in [0.25, 0.3) is 5.91 Å². The van der Waals surface area contributed by atoms with Crippen LogP contribution in [0.2, 0.25) is 0 Å². The second-order valence-corrected chi connectivity index (χ2v) is 6.88. The van der Waals surface area contributed by atoms with Gasteiger partial charge < -0.3 is 11.5 Å². The van der Waals surface area contributed by atoms with E-state index in [0.29, 0.717) is 15.6 Å². The van der Waals surface area contributed by atoms with Crippen LogP contribution in [0.4, 0.5) is 0 Å². The molecule has 1 aromatic rings. The zero-order valence-electron chi connectivity index (χ0n) is 10.7. The van der Waals surface area contributed by atoms with Crippen LogP contribution in [0.1, 0.15) is 21.5 Å². The number of nitrogens with two attached hydrogens (primary N) is 2. The molecule has 4 N–H and O–H groups in total. The van der Waals surface area contributed by atoms with Crippen LogP contribution in [0.25, 0.3) is 0 Å². The van der Waals surface area contributed by atoms with Crippen LogP contribution in [-0.4, -0.2) is 26.5 Å². The molecule has 0 aromatic heterocycles. The maximum Gasteiger partial charge on any atom is 0.280 e. The van der Waals surface area contributed by atoms with Gasteiger partial charge in [0.1, 0.15) is 0 Å². The molecule has 1 amide bonds. The van der Waals surface area contributed by atoms with E-state index >= 15 is 0 Å². The number of carbonyl (C=O) groups is 1. The zero-order valence-corrected chi connectivity index (χ0v) is 13.1. The molecule has 6 nitrogen and oxygen atoms in total. The number of hydrogen-bond donors (Lipinski definition) is 2. The largest absolute Gasteiger partial charge is 0.370 e. The molecule has 8 heteroatoms. The maximum absolute atomic E-state index is 11.9. The molecule has 0 bridgehead atoms. The lowest BCUT2D eigenvalue weighted by atomic mass is 10.0. The number of carbonyl (C=O) groups excluding carboxylic acids is 1. The molecule has 1 aromatic carbocycles. The number of halogens is 1. The minimum Gasteiger partial charge on any atom is -0.370 e. The second-order valence-electron chi connectivity index (χ2n) is 4.10. The zero-order chi connectivity index (χ0) is 15.0. The molecule has 0 aliphatic heterocycles. The molecule has 0 heterocycles. The fourth-order valence-corrected chi connectivity index (χ4v) is 3.63. The molecular formula is C11H14BrN3O3S. The first-order chi connectivity index (χ1) is 8.55. The highest BCUT2D eigenvalue weighted by Gasteiger charge is 2.20. The first-order valence-corrected chi connectivity index (χ1v) is 7.88. The van der Waals surface area contributed by atoms with Gasteiger partial charge in [0, 0.05) is 16.3 Å². The molecule has 0 spiro atoms. The second kappa shape index (κ2) is 5.30. The summed E-state index contributed by atoms with van der Waals surface area (Å²) in [5.41, 5.74) is 11.7. The van der Waals surface area contributed by atoms with Crippen LogP contribution in [0.5, 0.6) is 0 Å². The number of amides is 1. The van der Waals surface area contributed by atoms with Gasteiger partial charge in [-0.2, -0.15) is 4.99 Å². The Hall–Kier alpha value is -1.41. The van der Waals surface area contributed by atoms with E-state index in [1.165, 1.54) is 6.07 Å². The standard InChI is InChI=1S/C11H14BrN3O3S/c1-5-6(2)9(12)8(19(3,17)18)4-7(5)10(16)15-11(13)14/h4H,1-3H3,(H4,13,14,15,16). The van der Waals surface area contributed by atoms with Gasteiger partial charge in [-0.3, -0.25) is 4.79 Å². The van der Waals surface area contributed by atoms with Crippen molar-refractivity contribution in [1.29, 1.82) is 0 Å². The summed E-state index contributed by atoms with van der Waals surface area (Å²) in [6, 6.07) is 1.27. The predicted molar refractivity (Wildman–Crippen MR) is 76.9 cm³/mol. The first kappa shape index (κ1) is 15.6. The van der Waals surface area contributed by atoms with E-state index in [-0.39, 0.29) is 16.4 Å². The lowest BCUT2D eigenvalue weighted by molar-refractivity contribution is 0.100. The molecule has 0 radical (unpaired) electrons. The number of hydrogen-bond acceptors (Lipinski definition) is 3. The summed E-state index contributed by atoms with van der Waals surface area (Å²) in [5, 5.41) is 0. The normalized spacial score (nSPS) is 11.2. The van der Waals surface area contributed by atoms with Crippen LogP contribution in [-0.2, 0) is 9.84 Å². The van der Waals surface area contributed by atoms with Crippen molar-refractivity contribution >= 4 is 37.6 Å². The van der Waals surface area contributed by atoms with Gasteiger partial charge >= 0.3 is 0 Å². The van der Waals surface area contributed by atoms with Crippen LogP contribution in [0.3, 0.4) is 0 Å². The summed E-state index contributed by atoms with van der Waals surface area (Å²) < 4.78 is 23.8. The molecule has 0 saturated carbocycles. The van der Waals surface area contributed by atoms with Gasteiger partial charge in [-0.25, -0.2) is 8.42 Å². The Kier molecular flexibility index (Phi) is 4.36. The van der Waals surface area contributed by atoms with E-state index in [4.69, 9.17) is 11.5 Å². The van der Waals surface area contributed by atoms with Gasteiger partial charge in [0.2, 0.25) is 0 Å². The van der Waals surface area contributed by atoms with Crippen LogP contribution in [0.15, 0.2) is 20.4 Å².